The average molecular weight is 388 g/mol. The summed E-state index contributed by atoms with van der Waals surface area (Å²) in [5, 5.41) is 17.7. The topological polar surface area (TPSA) is 80.3 Å². The fourth-order valence-corrected chi connectivity index (χ4v) is 0. The van der Waals surface area contributed by atoms with Crippen LogP contribution < -0.4 is 10.2 Å². The van der Waals surface area contributed by atoms with E-state index < -0.39 is 18.1 Å². The van der Waals surface area contributed by atoms with Crippen molar-refractivity contribution in [1.82, 2.24) is 0 Å². The quantitative estimate of drug-likeness (QED) is 0.453. The maximum Gasteiger partial charge on any atom is 1.00 e. The molecule has 0 aliphatic heterocycles. The van der Waals surface area contributed by atoms with Gasteiger partial charge < -0.3 is 19.8 Å². The van der Waals surface area contributed by atoms with Gasteiger partial charge in [-0.2, -0.15) is 13.2 Å². The molecular weight excluding hydrogens is 385 g/mol. The van der Waals surface area contributed by atoms with Crippen LogP contribution in [0.15, 0.2) is 0 Å². The third-order valence-electron chi connectivity index (χ3n) is 0.231. The fraction of sp³-hybridized carbons (Fsp3) is 0.500. The molecule has 0 heterocycles. The number of carboxylic acids is 2. The van der Waals surface area contributed by atoms with E-state index in [0.717, 1.165) is 6.92 Å². The van der Waals surface area contributed by atoms with Gasteiger partial charge in [0.15, 0.2) is 0 Å². The summed E-state index contributed by atoms with van der Waals surface area (Å²) in [7, 11) is 0. The van der Waals surface area contributed by atoms with Crippen molar-refractivity contribution < 1.29 is 77.7 Å². The Labute approximate surface area is 103 Å². The molecule has 0 amide bonds. The zero-order valence-corrected chi connectivity index (χ0v) is 8.83. The summed E-state index contributed by atoms with van der Waals surface area (Å²) in [6, 6.07) is 0. The summed E-state index contributed by atoms with van der Waals surface area (Å²) in [5.74, 6) is -4.09. The number of hydrogen-bond donors (Lipinski definition) is 0. The summed E-state index contributed by atoms with van der Waals surface area (Å²) in [6.07, 6.45) is -5.19. The van der Waals surface area contributed by atoms with E-state index in [-0.39, 0.29) is 44.8 Å². The van der Waals surface area contributed by atoms with Crippen molar-refractivity contribution in [3.63, 3.8) is 0 Å². The Morgan fingerprint density at radius 2 is 1.15 bits per heavy atom. The maximum absolute atomic E-state index is 10.5. The predicted molar refractivity (Wildman–Crippen MR) is 21.7 cm³/mol. The van der Waals surface area contributed by atoms with Gasteiger partial charge in [-0.25, -0.2) is 0 Å². The zero-order chi connectivity index (χ0) is 9.65. The molecule has 0 aromatic carbocycles. The van der Waals surface area contributed by atoms with Crippen LogP contribution in [0.3, 0.4) is 0 Å². The fourth-order valence-electron chi connectivity index (χ4n) is 0. The van der Waals surface area contributed by atoms with Gasteiger partial charge in [0.25, 0.3) is 0 Å². The second-order valence-corrected chi connectivity index (χ2v) is 1.28. The van der Waals surface area contributed by atoms with Gasteiger partial charge in [0.05, 0.1) is 0 Å². The molecule has 0 radical (unpaired) electrons. The van der Waals surface area contributed by atoms with Crippen molar-refractivity contribution in [1.29, 1.82) is 0 Å². The van der Waals surface area contributed by atoms with Crippen molar-refractivity contribution in [3.8, 4) is 0 Å². The van der Waals surface area contributed by atoms with Crippen molar-refractivity contribution in [2.45, 2.75) is 13.1 Å². The first-order chi connectivity index (χ1) is 4.68. The van der Waals surface area contributed by atoms with Crippen LogP contribution in [0.5, 0.6) is 0 Å². The van der Waals surface area contributed by atoms with Gasteiger partial charge in [0.2, 0.25) is 0 Å². The number of carboxylic acid groups (broad SMARTS) is 2. The van der Waals surface area contributed by atoms with Crippen LogP contribution in [-0.4, -0.2) is 18.1 Å². The summed E-state index contributed by atoms with van der Waals surface area (Å²) < 4.78 is 31.5. The SMILES string of the molecule is CC(=O)[O-].O=C([O-])C(F)(F)F.[Ag+].[Ag+]. The Bertz CT molecular complexity index is 154. The van der Waals surface area contributed by atoms with E-state index in [0.29, 0.717) is 0 Å². The molecule has 0 N–H and O–H groups in total. The summed E-state index contributed by atoms with van der Waals surface area (Å²) in [6.45, 7) is 0.972. The van der Waals surface area contributed by atoms with Crippen LogP contribution in [-0.2, 0) is 54.3 Å². The number of aliphatic carboxylic acids is 2. The molecule has 9 heteroatoms. The molecule has 0 unspecified atom stereocenters. The standard InChI is InChI=1S/C2HF3O2.C2H4O2.2Ag/c3-2(4,5)1(6)7;1-2(3)4;;/h(H,6,7);1H3,(H,3,4);;/q;;2*+1/p-2. The Kier molecular flexibility index (Phi) is 18.4. The molecule has 0 spiro atoms. The summed E-state index contributed by atoms with van der Waals surface area (Å²) in [4.78, 5) is 17.7. The van der Waals surface area contributed by atoms with Crippen LogP contribution >= 0.6 is 0 Å². The largest absolute Gasteiger partial charge is 1.00 e. The van der Waals surface area contributed by atoms with Gasteiger partial charge >= 0.3 is 50.9 Å². The van der Waals surface area contributed by atoms with Crippen LogP contribution in [0.4, 0.5) is 13.2 Å². The van der Waals surface area contributed by atoms with E-state index in [2.05, 4.69) is 0 Å². The molecule has 0 atom stereocenters. The predicted octanol–water partition coefficient (Wildman–Crippen LogP) is -1.95. The molecular formula is C4H3Ag2F3O4. The third kappa shape index (κ3) is 33.0. The molecule has 0 rings (SSSR count). The molecule has 0 saturated heterocycles. The first-order valence-corrected chi connectivity index (χ1v) is 2.13. The number of hydrogen-bond acceptors (Lipinski definition) is 4. The first-order valence-electron chi connectivity index (χ1n) is 2.13. The minimum atomic E-state index is -5.19. The van der Waals surface area contributed by atoms with Crippen LogP contribution in [0, 0.1) is 0 Å². The van der Waals surface area contributed by atoms with Gasteiger partial charge in [-0.05, 0) is 6.92 Å². The van der Waals surface area contributed by atoms with E-state index >= 15 is 0 Å². The Morgan fingerprint density at radius 1 is 1.08 bits per heavy atom. The number of alkyl halides is 3. The van der Waals surface area contributed by atoms with Crippen molar-refractivity contribution in [2.24, 2.45) is 0 Å². The van der Waals surface area contributed by atoms with Crippen molar-refractivity contribution >= 4 is 11.9 Å². The van der Waals surface area contributed by atoms with Crippen molar-refractivity contribution in [3.05, 3.63) is 0 Å². The molecule has 0 saturated carbocycles. The Hall–Kier alpha value is 0.211. The first kappa shape index (κ1) is 23.2. The van der Waals surface area contributed by atoms with Crippen LogP contribution in [0.1, 0.15) is 6.92 Å². The molecule has 0 aliphatic carbocycles. The zero-order valence-electron chi connectivity index (χ0n) is 5.87. The van der Waals surface area contributed by atoms with E-state index in [1.165, 1.54) is 0 Å². The van der Waals surface area contributed by atoms with E-state index in [1.54, 1.807) is 0 Å². The number of carbonyl (C=O) groups is 2. The molecule has 0 aromatic rings. The minimum Gasteiger partial charge on any atom is -0.550 e. The van der Waals surface area contributed by atoms with Crippen LogP contribution in [0.2, 0.25) is 0 Å². The van der Waals surface area contributed by atoms with Gasteiger partial charge in [-0.3, -0.25) is 0 Å². The number of rotatable bonds is 0. The van der Waals surface area contributed by atoms with Gasteiger partial charge in [0, 0.05) is 5.97 Å². The van der Waals surface area contributed by atoms with E-state index in [9.17, 15) is 13.2 Å². The summed E-state index contributed by atoms with van der Waals surface area (Å²) >= 11 is 0. The Balaban J connectivity index is -0.0000000600. The normalized spacial score (nSPS) is 8.00. The van der Waals surface area contributed by atoms with Crippen LogP contribution in [0.25, 0.3) is 0 Å². The second kappa shape index (κ2) is 10.3. The molecule has 0 aromatic heterocycles. The monoisotopic (exact) mass is 386 g/mol. The molecule has 0 fully saturated rings. The number of halogens is 3. The molecule has 86 valence electrons. The Morgan fingerprint density at radius 3 is 1.15 bits per heavy atom. The number of carbonyl (C=O) groups excluding carboxylic acids is 2. The molecule has 13 heavy (non-hydrogen) atoms. The summed E-state index contributed by atoms with van der Waals surface area (Å²) in [5.41, 5.74) is 0. The molecule has 0 aliphatic rings. The van der Waals surface area contributed by atoms with Gasteiger partial charge in [-0.1, -0.05) is 0 Å². The van der Waals surface area contributed by atoms with Gasteiger partial charge in [-0.15, -0.1) is 0 Å². The van der Waals surface area contributed by atoms with E-state index in [4.69, 9.17) is 19.8 Å². The van der Waals surface area contributed by atoms with Gasteiger partial charge in [0.1, 0.15) is 5.97 Å². The molecule has 4 nitrogen and oxygen atoms in total. The van der Waals surface area contributed by atoms with Crippen molar-refractivity contribution in [2.75, 3.05) is 0 Å². The van der Waals surface area contributed by atoms with E-state index in [1.807, 2.05) is 0 Å². The second-order valence-electron chi connectivity index (χ2n) is 1.28. The average Bonchev–Trinajstić information content (AvgIpc) is 1.59. The minimum absolute atomic E-state index is 0. The smallest absolute Gasteiger partial charge is 0.550 e. The maximum atomic E-state index is 10.5. The molecule has 0 bridgehead atoms. The third-order valence-corrected chi connectivity index (χ3v) is 0.231.